The number of rotatable bonds is 0. The summed E-state index contributed by atoms with van der Waals surface area (Å²) in [7, 11) is 4.02. The third kappa shape index (κ3) is 3.77. The molecule has 76 valence electrons. The van der Waals surface area contributed by atoms with Crippen LogP contribution in [0.4, 0.5) is 0 Å². The summed E-state index contributed by atoms with van der Waals surface area (Å²) in [4.78, 5) is 14.6. The molecular weight excluding hydrogens is 164 g/mol. The lowest BCUT2D eigenvalue weighted by atomic mass is 10.4. The predicted octanol–water partition coefficient (Wildman–Crippen LogP) is 0.951. The zero-order valence-electron chi connectivity index (χ0n) is 8.75. The SMILES string of the molecule is CN1CCCC1.CN1CCCC1=O. The molecule has 0 spiro atoms. The molecule has 2 aliphatic rings. The molecule has 3 nitrogen and oxygen atoms in total. The molecule has 3 heteroatoms. The van der Waals surface area contributed by atoms with Gasteiger partial charge in [-0.1, -0.05) is 0 Å². The summed E-state index contributed by atoms with van der Waals surface area (Å²) < 4.78 is 0. The molecule has 0 aromatic carbocycles. The van der Waals surface area contributed by atoms with Crippen LogP contribution in [-0.4, -0.2) is 49.4 Å². The van der Waals surface area contributed by atoms with E-state index in [0.717, 1.165) is 19.4 Å². The van der Waals surface area contributed by atoms with Crippen molar-refractivity contribution in [3.05, 3.63) is 0 Å². The molecule has 1 amide bonds. The van der Waals surface area contributed by atoms with Crippen molar-refractivity contribution in [2.45, 2.75) is 25.7 Å². The van der Waals surface area contributed by atoms with Gasteiger partial charge in [0.05, 0.1) is 0 Å². The van der Waals surface area contributed by atoms with E-state index >= 15 is 0 Å². The summed E-state index contributed by atoms with van der Waals surface area (Å²) in [6, 6.07) is 0. The largest absolute Gasteiger partial charge is 0.346 e. The van der Waals surface area contributed by atoms with Crippen LogP contribution in [0, 0.1) is 0 Å². The molecule has 2 fully saturated rings. The Morgan fingerprint density at radius 1 is 1.00 bits per heavy atom. The standard InChI is InChI=1S/C5H9NO.C5H11N/c1-6-4-2-3-5(6)7;1-6-4-2-3-5-6/h2-4H2,1H3;2-5H2,1H3. The van der Waals surface area contributed by atoms with E-state index in [-0.39, 0.29) is 0 Å². The summed E-state index contributed by atoms with van der Waals surface area (Å²) in [5.41, 5.74) is 0. The fraction of sp³-hybridized carbons (Fsp3) is 0.900. The van der Waals surface area contributed by atoms with Crippen molar-refractivity contribution in [1.29, 1.82) is 0 Å². The first-order chi connectivity index (χ1) is 6.20. The van der Waals surface area contributed by atoms with Gasteiger partial charge in [0.15, 0.2) is 0 Å². The second-order valence-electron chi connectivity index (χ2n) is 3.93. The van der Waals surface area contributed by atoms with E-state index in [1.807, 2.05) is 7.05 Å². The topological polar surface area (TPSA) is 23.6 Å². The van der Waals surface area contributed by atoms with Crippen LogP contribution in [0.1, 0.15) is 25.7 Å². The molecule has 0 N–H and O–H groups in total. The second kappa shape index (κ2) is 5.22. The van der Waals surface area contributed by atoms with Gasteiger partial charge in [-0.2, -0.15) is 0 Å². The molecule has 0 atom stereocenters. The highest BCUT2D eigenvalue weighted by Gasteiger charge is 2.14. The summed E-state index contributed by atoms with van der Waals surface area (Å²) in [5, 5.41) is 0. The molecule has 2 rings (SSSR count). The molecule has 0 aromatic rings. The monoisotopic (exact) mass is 184 g/mol. The molecule has 13 heavy (non-hydrogen) atoms. The zero-order chi connectivity index (χ0) is 9.68. The third-order valence-corrected chi connectivity index (χ3v) is 2.64. The first kappa shape index (κ1) is 10.5. The van der Waals surface area contributed by atoms with E-state index in [9.17, 15) is 4.79 Å². The van der Waals surface area contributed by atoms with E-state index < -0.39 is 0 Å². The molecule has 0 saturated carbocycles. The lowest BCUT2D eigenvalue weighted by molar-refractivity contribution is -0.126. The van der Waals surface area contributed by atoms with Gasteiger partial charge in [-0.15, -0.1) is 0 Å². The maximum Gasteiger partial charge on any atom is 0.222 e. The van der Waals surface area contributed by atoms with E-state index in [1.54, 1.807) is 4.90 Å². The Morgan fingerprint density at radius 3 is 1.77 bits per heavy atom. The van der Waals surface area contributed by atoms with Gasteiger partial charge in [-0.05, 0) is 39.4 Å². The fourth-order valence-electron chi connectivity index (χ4n) is 1.66. The summed E-state index contributed by atoms with van der Waals surface area (Å²) >= 11 is 0. The van der Waals surface area contributed by atoms with Crippen molar-refractivity contribution in [1.82, 2.24) is 9.80 Å². The van der Waals surface area contributed by atoms with Gasteiger partial charge in [-0.3, -0.25) is 4.79 Å². The molecule has 2 saturated heterocycles. The first-order valence-electron chi connectivity index (χ1n) is 5.12. The van der Waals surface area contributed by atoms with E-state index in [4.69, 9.17) is 0 Å². The van der Waals surface area contributed by atoms with Gasteiger partial charge in [-0.25, -0.2) is 0 Å². The van der Waals surface area contributed by atoms with Crippen molar-refractivity contribution in [3.63, 3.8) is 0 Å². The quantitative estimate of drug-likeness (QED) is 0.559. The first-order valence-corrected chi connectivity index (χ1v) is 5.12. The molecule has 0 bridgehead atoms. The summed E-state index contributed by atoms with van der Waals surface area (Å²) in [6.07, 6.45) is 4.64. The number of amides is 1. The minimum Gasteiger partial charge on any atom is -0.346 e. The molecular formula is C10H20N2O. The zero-order valence-corrected chi connectivity index (χ0v) is 8.75. The minimum atomic E-state index is 0.292. The molecule has 0 aromatic heterocycles. The Balaban J connectivity index is 0.000000132. The second-order valence-corrected chi connectivity index (χ2v) is 3.93. The van der Waals surface area contributed by atoms with Gasteiger partial charge in [0, 0.05) is 20.0 Å². The van der Waals surface area contributed by atoms with Crippen LogP contribution in [0.25, 0.3) is 0 Å². The van der Waals surface area contributed by atoms with Crippen LogP contribution in [-0.2, 0) is 4.79 Å². The molecule has 2 aliphatic heterocycles. The molecule has 0 unspecified atom stereocenters. The third-order valence-electron chi connectivity index (χ3n) is 2.64. The van der Waals surface area contributed by atoms with E-state index in [1.165, 1.54) is 25.9 Å². The number of hydrogen-bond acceptors (Lipinski definition) is 2. The Kier molecular flexibility index (Phi) is 4.22. The number of nitrogens with zero attached hydrogens (tertiary/aromatic N) is 2. The normalized spacial score (nSPS) is 23.2. The van der Waals surface area contributed by atoms with Crippen LogP contribution in [0.3, 0.4) is 0 Å². The van der Waals surface area contributed by atoms with Crippen LogP contribution >= 0.6 is 0 Å². The molecule has 2 heterocycles. The maximum atomic E-state index is 10.5. The number of hydrogen-bond donors (Lipinski definition) is 0. The Bertz CT molecular complexity index is 164. The van der Waals surface area contributed by atoms with Gasteiger partial charge in [0.1, 0.15) is 0 Å². The Morgan fingerprint density at radius 2 is 1.62 bits per heavy atom. The highest BCUT2D eigenvalue weighted by atomic mass is 16.2. The smallest absolute Gasteiger partial charge is 0.222 e. The van der Waals surface area contributed by atoms with Crippen molar-refractivity contribution in [2.75, 3.05) is 33.7 Å². The summed E-state index contributed by atoms with van der Waals surface area (Å²) in [5.74, 6) is 0.292. The average Bonchev–Trinajstić information content (AvgIpc) is 2.67. The van der Waals surface area contributed by atoms with Crippen molar-refractivity contribution in [3.8, 4) is 0 Å². The van der Waals surface area contributed by atoms with E-state index in [0.29, 0.717) is 5.91 Å². The highest BCUT2D eigenvalue weighted by molar-refractivity contribution is 5.77. The number of likely N-dealkylation sites (tertiary alicyclic amines) is 2. The van der Waals surface area contributed by atoms with Gasteiger partial charge in [0.25, 0.3) is 0 Å². The van der Waals surface area contributed by atoms with Gasteiger partial charge >= 0.3 is 0 Å². The lowest BCUT2D eigenvalue weighted by Gasteiger charge is -2.03. The van der Waals surface area contributed by atoms with Crippen molar-refractivity contribution < 1.29 is 4.79 Å². The molecule has 0 aliphatic carbocycles. The highest BCUT2D eigenvalue weighted by Crippen LogP contribution is 2.04. The molecule has 0 radical (unpaired) electrons. The number of carbonyl (C=O) groups excluding carboxylic acids is 1. The lowest BCUT2D eigenvalue weighted by Crippen LogP contribution is -2.17. The fourth-order valence-corrected chi connectivity index (χ4v) is 1.66. The maximum absolute atomic E-state index is 10.5. The van der Waals surface area contributed by atoms with Crippen molar-refractivity contribution >= 4 is 5.91 Å². The van der Waals surface area contributed by atoms with Crippen LogP contribution in [0.5, 0.6) is 0 Å². The van der Waals surface area contributed by atoms with E-state index in [2.05, 4.69) is 11.9 Å². The average molecular weight is 184 g/mol. The van der Waals surface area contributed by atoms with Gasteiger partial charge in [0.2, 0.25) is 5.91 Å². The number of carbonyl (C=O) groups is 1. The minimum absolute atomic E-state index is 0.292. The summed E-state index contributed by atoms with van der Waals surface area (Å²) in [6.45, 7) is 3.60. The van der Waals surface area contributed by atoms with Crippen LogP contribution in [0.15, 0.2) is 0 Å². The Hall–Kier alpha value is -0.570. The predicted molar refractivity (Wildman–Crippen MR) is 53.6 cm³/mol. The van der Waals surface area contributed by atoms with Crippen molar-refractivity contribution in [2.24, 2.45) is 0 Å². The van der Waals surface area contributed by atoms with Crippen LogP contribution < -0.4 is 0 Å². The van der Waals surface area contributed by atoms with Crippen LogP contribution in [0.2, 0.25) is 0 Å². The Labute approximate surface area is 80.7 Å². The van der Waals surface area contributed by atoms with Gasteiger partial charge < -0.3 is 9.80 Å².